The Kier molecular flexibility index (Phi) is 6.47. The van der Waals surface area contributed by atoms with Crippen LogP contribution in [0.4, 0.5) is 4.79 Å². The molecule has 0 spiro atoms. The number of nitrogens with two attached hydrogens (primary N) is 1. The van der Waals surface area contributed by atoms with E-state index >= 15 is 0 Å². The summed E-state index contributed by atoms with van der Waals surface area (Å²) in [6.07, 6.45) is -0.824. The Bertz CT molecular complexity index is 196. The van der Waals surface area contributed by atoms with E-state index in [1.54, 1.807) is 13.8 Å². The largest absolute Gasteiger partial charge is 0.465 e. The van der Waals surface area contributed by atoms with Gasteiger partial charge in [0, 0.05) is 6.54 Å². The molecule has 1 unspecified atom stereocenters. The van der Waals surface area contributed by atoms with Crippen LogP contribution in [0.2, 0.25) is 0 Å². The summed E-state index contributed by atoms with van der Waals surface area (Å²) in [6, 6.07) is -0.411. The highest BCUT2D eigenvalue weighted by atomic mass is 16.5. The second kappa shape index (κ2) is 7.14. The Morgan fingerprint density at radius 1 is 1.43 bits per heavy atom. The summed E-state index contributed by atoms with van der Waals surface area (Å²) in [4.78, 5) is 21.2. The Labute approximate surface area is 82.7 Å². The van der Waals surface area contributed by atoms with Crippen molar-refractivity contribution in [1.29, 1.82) is 0 Å². The Morgan fingerprint density at radius 2 is 2.07 bits per heavy atom. The number of nitrogens with one attached hydrogen (secondary N) is 1. The number of primary amides is 1. The molecule has 0 radical (unpaired) electrons. The van der Waals surface area contributed by atoms with Gasteiger partial charge >= 0.3 is 12.1 Å². The number of amides is 1. The molecular formula is C8H16N2O4. The number of ether oxygens (including phenoxy) is 2. The van der Waals surface area contributed by atoms with Crippen LogP contribution < -0.4 is 11.1 Å². The molecule has 1 amide bonds. The monoisotopic (exact) mass is 204 g/mol. The zero-order chi connectivity index (χ0) is 11.0. The molecule has 0 aromatic heterocycles. The van der Waals surface area contributed by atoms with Crippen LogP contribution in [0.1, 0.15) is 13.8 Å². The van der Waals surface area contributed by atoms with Crippen LogP contribution in [-0.2, 0) is 14.3 Å². The van der Waals surface area contributed by atoms with E-state index in [-0.39, 0.29) is 12.6 Å². The molecule has 0 saturated heterocycles. The van der Waals surface area contributed by atoms with Gasteiger partial charge in [0.2, 0.25) is 0 Å². The standard InChI is InChI=1S/C8H16N2O4/c1-3-13-7(11)6(2)10-4-5-14-8(9)12/h6,10H,3-5H2,1-2H3,(H2,9,12). The first-order chi connectivity index (χ1) is 6.57. The maximum atomic E-state index is 11.1. The maximum Gasteiger partial charge on any atom is 0.404 e. The van der Waals surface area contributed by atoms with E-state index < -0.39 is 12.1 Å². The molecule has 0 aliphatic heterocycles. The molecule has 6 nitrogen and oxygen atoms in total. The van der Waals surface area contributed by atoms with Gasteiger partial charge in [-0.05, 0) is 13.8 Å². The van der Waals surface area contributed by atoms with Gasteiger partial charge in [-0.15, -0.1) is 0 Å². The zero-order valence-electron chi connectivity index (χ0n) is 8.41. The van der Waals surface area contributed by atoms with Gasteiger partial charge in [0.1, 0.15) is 12.6 Å². The van der Waals surface area contributed by atoms with E-state index in [4.69, 9.17) is 10.5 Å². The molecular weight excluding hydrogens is 188 g/mol. The van der Waals surface area contributed by atoms with Gasteiger partial charge in [-0.3, -0.25) is 4.79 Å². The minimum atomic E-state index is -0.824. The van der Waals surface area contributed by atoms with Crippen molar-refractivity contribution in [3.05, 3.63) is 0 Å². The van der Waals surface area contributed by atoms with Crippen molar-refractivity contribution in [3.8, 4) is 0 Å². The molecule has 3 N–H and O–H groups in total. The third kappa shape index (κ3) is 6.24. The predicted molar refractivity (Wildman–Crippen MR) is 49.6 cm³/mol. The Hall–Kier alpha value is -1.30. The van der Waals surface area contributed by atoms with Crippen LogP contribution in [-0.4, -0.2) is 37.9 Å². The molecule has 6 heteroatoms. The second-order valence-electron chi connectivity index (χ2n) is 2.60. The van der Waals surface area contributed by atoms with Gasteiger partial charge in [0.05, 0.1) is 6.61 Å². The molecule has 0 aromatic carbocycles. The van der Waals surface area contributed by atoms with Crippen molar-refractivity contribution in [2.75, 3.05) is 19.8 Å². The van der Waals surface area contributed by atoms with Gasteiger partial charge < -0.3 is 20.5 Å². The molecule has 82 valence electrons. The smallest absolute Gasteiger partial charge is 0.404 e. The second-order valence-corrected chi connectivity index (χ2v) is 2.60. The lowest BCUT2D eigenvalue weighted by Crippen LogP contribution is -2.37. The lowest BCUT2D eigenvalue weighted by molar-refractivity contribution is -0.145. The fraction of sp³-hybridized carbons (Fsp3) is 0.750. The van der Waals surface area contributed by atoms with Crippen molar-refractivity contribution < 1.29 is 19.1 Å². The molecule has 0 rings (SSSR count). The van der Waals surface area contributed by atoms with Gasteiger partial charge in [0.25, 0.3) is 0 Å². The minimum absolute atomic E-state index is 0.138. The minimum Gasteiger partial charge on any atom is -0.465 e. The van der Waals surface area contributed by atoms with Gasteiger partial charge in [0.15, 0.2) is 0 Å². The summed E-state index contributed by atoms with van der Waals surface area (Å²) < 4.78 is 9.20. The first-order valence-corrected chi connectivity index (χ1v) is 4.40. The van der Waals surface area contributed by atoms with Crippen molar-refractivity contribution in [2.45, 2.75) is 19.9 Å². The van der Waals surface area contributed by atoms with E-state index in [0.717, 1.165) is 0 Å². The molecule has 0 saturated carbocycles. The lowest BCUT2D eigenvalue weighted by atomic mass is 10.3. The van der Waals surface area contributed by atoms with Crippen molar-refractivity contribution >= 4 is 12.1 Å². The number of carbonyl (C=O) groups excluding carboxylic acids is 2. The van der Waals surface area contributed by atoms with Gasteiger partial charge in [-0.2, -0.15) is 0 Å². The van der Waals surface area contributed by atoms with Crippen molar-refractivity contribution in [1.82, 2.24) is 5.32 Å². The van der Waals surface area contributed by atoms with E-state index in [0.29, 0.717) is 13.2 Å². The summed E-state index contributed by atoms with van der Waals surface area (Å²) in [5.41, 5.74) is 4.74. The van der Waals surface area contributed by atoms with Crippen LogP contribution in [0, 0.1) is 0 Å². The fourth-order valence-electron chi connectivity index (χ4n) is 0.778. The predicted octanol–water partition coefficient (Wildman–Crippen LogP) is -0.377. The van der Waals surface area contributed by atoms with Crippen LogP contribution >= 0.6 is 0 Å². The molecule has 0 fully saturated rings. The number of esters is 1. The van der Waals surface area contributed by atoms with Gasteiger partial charge in [-0.25, -0.2) is 4.79 Å². The Balaban J connectivity index is 3.48. The fourth-order valence-corrected chi connectivity index (χ4v) is 0.778. The summed E-state index contributed by atoms with van der Waals surface area (Å²) in [5, 5.41) is 2.82. The Morgan fingerprint density at radius 3 is 2.57 bits per heavy atom. The van der Waals surface area contributed by atoms with E-state index in [2.05, 4.69) is 10.1 Å². The summed E-state index contributed by atoms with van der Waals surface area (Å²) >= 11 is 0. The molecule has 0 heterocycles. The van der Waals surface area contributed by atoms with Crippen LogP contribution in [0.5, 0.6) is 0 Å². The summed E-state index contributed by atoms with van der Waals surface area (Å²) in [5.74, 6) is -0.327. The van der Waals surface area contributed by atoms with E-state index in [1.807, 2.05) is 0 Å². The number of carbonyl (C=O) groups is 2. The summed E-state index contributed by atoms with van der Waals surface area (Å²) in [6.45, 7) is 4.26. The zero-order valence-corrected chi connectivity index (χ0v) is 8.41. The van der Waals surface area contributed by atoms with Crippen molar-refractivity contribution in [2.24, 2.45) is 5.73 Å². The maximum absolute atomic E-state index is 11.1. The topological polar surface area (TPSA) is 90.7 Å². The lowest BCUT2D eigenvalue weighted by Gasteiger charge is -2.11. The van der Waals surface area contributed by atoms with Crippen LogP contribution in [0.25, 0.3) is 0 Å². The van der Waals surface area contributed by atoms with Crippen LogP contribution in [0.15, 0.2) is 0 Å². The first-order valence-electron chi connectivity index (χ1n) is 4.40. The SMILES string of the molecule is CCOC(=O)C(C)NCCOC(N)=O. The summed E-state index contributed by atoms with van der Waals surface area (Å²) in [7, 11) is 0. The number of hydrogen-bond acceptors (Lipinski definition) is 5. The average molecular weight is 204 g/mol. The third-order valence-corrected chi connectivity index (χ3v) is 1.44. The third-order valence-electron chi connectivity index (χ3n) is 1.44. The normalized spacial score (nSPS) is 11.9. The number of rotatable bonds is 6. The highest BCUT2D eigenvalue weighted by Crippen LogP contribution is 1.87. The molecule has 1 atom stereocenters. The molecule has 0 bridgehead atoms. The van der Waals surface area contributed by atoms with Crippen LogP contribution in [0.3, 0.4) is 0 Å². The number of hydrogen-bond donors (Lipinski definition) is 2. The highest BCUT2D eigenvalue weighted by Gasteiger charge is 2.12. The average Bonchev–Trinajstić information content (AvgIpc) is 2.12. The molecule has 0 aliphatic carbocycles. The molecule has 0 aromatic rings. The van der Waals surface area contributed by atoms with Gasteiger partial charge in [-0.1, -0.05) is 0 Å². The van der Waals surface area contributed by atoms with E-state index in [9.17, 15) is 9.59 Å². The quantitative estimate of drug-likeness (QED) is 0.454. The van der Waals surface area contributed by atoms with E-state index in [1.165, 1.54) is 0 Å². The molecule has 14 heavy (non-hydrogen) atoms. The molecule has 0 aliphatic rings. The first kappa shape index (κ1) is 12.7. The highest BCUT2D eigenvalue weighted by molar-refractivity contribution is 5.75. The van der Waals surface area contributed by atoms with Crippen molar-refractivity contribution in [3.63, 3.8) is 0 Å².